The first-order chi connectivity index (χ1) is 10.1. The Balaban J connectivity index is 2.51. The Morgan fingerprint density at radius 3 is 2.71 bits per heavy atom. The molecule has 0 spiro atoms. The fourth-order valence-electron chi connectivity index (χ4n) is 2.02. The minimum Gasteiger partial charge on any atom is -0.370 e. The predicted octanol–water partition coefficient (Wildman–Crippen LogP) is 1.45. The summed E-state index contributed by atoms with van der Waals surface area (Å²) in [7, 11) is 0. The molecule has 0 aliphatic heterocycles. The van der Waals surface area contributed by atoms with Crippen LogP contribution in [0.3, 0.4) is 0 Å². The molecule has 112 valence electrons. The number of carbonyl (C=O) groups is 1. The highest BCUT2D eigenvalue weighted by Crippen LogP contribution is 2.19. The Morgan fingerprint density at radius 2 is 2.14 bits per heavy atom. The molecule has 1 amide bonds. The van der Waals surface area contributed by atoms with E-state index in [0.29, 0.717) is 5.82 Å². The van der Waals surface area contributed by atoms with Crippen LogP contribution in [0.25, 0.3) is 5.82 Å². The van der Waals surface area contributed by atoms with E-state index in [1.54, 1.807) is 16.9 Å². The zero-order chi connectivity index (χ0) is 15.4. The minimum absolute atomic E-state index is 0.218. The number of amides is 1. The highest BCUT2D eigenvalue weighted by Gasteiger charge is 2.14. The van der Waals surface area contributed by atoms with Gasteiger partial charge >= 0.3 is 0 Å². The number of carbonyl (C=O) groups excluding carboxylic acids is 1. The quantitative estimate of drug-likeness (QED) is 0.838. The van der Waals surface area contributed by atoms with Crippen LogP contribution in [0.15, 0.2) is 12.3 Å². The summed E-state index contributed by atoms with van der Waals surface area (Å²) in [5.41, 5.74) is 6.34. The number of aromatic nitrogens is 4. The molecule has 0 aliphatic rings. The van der Waals surface area contributed by atoms with Gasteiger partial charge in [0.05, 0.1) is 0 Å². The van der Waals surface area contributed by atoms with E-state index >= 15 is 0 Å². The van der Waals surface area contributed by atoms with E-state index in [9.17, 15) is 4.79 Å². The molecule has 0 atom stereocenters. The van der Waals surface area contributed by atoms with Crippen molar-refractivity contribution in [1.82, 2.24) is 19.7 Å². The van der Waals surface area contributed by atoms with Gasteiger partial charge in [0.25, 0.3) is 5.91 Å². The number of rotatable bonds is 6. The van der Waals surface area contributed by atoms with Gasteiger partial charge in [-0.15, -0.1) is 0 Å². The molecule has 0 unspecified atom stereocenters. The fourth-order valence-corrected chi connectivity index (χ4v) is 2.02. The summed E-state index contributed by atoms with van der Waals surface area (Å²) in [5.74, 6) is 1.66. The van der Waals surface area contributed by atoms with Crippen LogP contribution >= 0.6 is 0 Å². The van der Waals surface area contributed by atoms with Crippen molar-refractivity contribution in [2.24, 2.45) is 5.73 Å². The number of nitrogens with one attached hydrogen (secondary N) is 1. The van der Waals surface area contributed by atoms with Crippen LogP contribution in [0.1, 0.15) is 42.1 Å². The number of anilines is 1. The van der Waals surface area contributed by atoms with Gasteiger partial charge in [-0.3, -0.25) is 4.79 Å². The molecule has 0 aromatic carbocycles. The second-order valence-electron chi connectivity index (χ2n) is 4.73. The van der Waals surface area contributed by atoms with E-state index in [1.807, 2.05) is 13.8 Å². The fraction of sp³-hybridized carbons (Fsp3) is 0.429. The third-order valence-corrected chi connectivity index (χ3v) is 3.04. The first-order valence-corrected chi connectivity index (χ1v) is 7.04. The van der Waals surface area contributed by atoms with E-state index in [0.717, 1.165) is 36.6 Å². The van der Waals surface area contributed by atoms with Gasteiger partial charge < -0.3 is 11.1 Å². The van der Waals surface area contributed by atoms with E-state index in [2.05, 4.69) is 27.3 Å². The molecule has 0 saturated heterocycles. The first kappa shape index (κ1) is 15.0. The van der Waals surface area contributed by atoms with Gasteiger partial charge in [-0.2, -0.15) is 5.10 Å². The summed E-state index contributed by atoms with van der Waals surface area (Å²) >= 11 is 0. The topological polar surface area (TPSA) is 98.7 Å². The van der Waals surface area contributed by atoms with Crippen LogP contribution in [-0.4, -0.2) is 32.2 Å². The summed E-state index contributed by atoms with van der Waals surface area (Å²) in [4.78, 5) is 20.2. The smallest absolute Gasteiger partial charge is 0.269 e. The SMILES string of the molecule is CCCc1nc(NCC)c(C)c(-n2ccc(C(N)=O)n2)n1. The molecular formula is C14H20N6O. The van der Waals surface area contributed by atoms with Gasteiger partial charge in [0.15, 0.2) is 5.82 Å². The summed E-state index contributed by atoms with van der Waals surface area (Å²) in [6.07, 6.45) is 3.43. The Bertz CT molecular complexity index is 649. The normalized spacial score (nSPS) is 10.6. The standard InChI is InChI=1S/C14H20N6O/c1-4-6-11-17-13(16-5-2)9(3)14(18-11)20-8-7-10(19-20)12(15)21/h7-8H,4-6H2,1-3H3,(H2,15,21)(H,16,17,18). The van der Waals surface area contributed by atoms with E-state index in [1.165, 1.54) is 0 Å². The van der Waals surface area contributed by atoms with Crippen molar-refractivity contribution in [2.75, 3.05) is 11.9 Å². The van der Waals surface area contributed by atoms with Crippen molar-refractivity contribution < 1.29 is 4.79 Å². The van der Waals surface area contributed by atoms with Crippen molar-refractivity contribution in [2.45, 2.75) is 33.6 Å². The van der Waals surface area contributed by atoms with Crippen molar-refractivity contribution in [3.8, 4) is 5.82 Å². The lowest BCUT2D eigenvalue weighted by Gasteiger charge is -2.13. The zero-order valence-corrected chi connectivity index (χ0v) is 12.6. The maximum atomic E-state index is 11.2. The van der Waals surface area contributed by atoms with E-state index in [-0.39, 0.29) is 5.69 Å². The van der Waals surface area contributed by atoms with Gasteiger partial charge in [-0.05, 0) is 26.3 Å². The van der Waals surface area contributed by atoms with Gasteiger partial charge in [0, 0.05) is 24.7 Å². The van der Waals surface area contributed by atoms with E-state index in [4.69, 9.17) is 5.73 Å². The van der Waals surface area contributed by atoms with Crippen molar-refractivity contribution in [3.05, 3.63) is 29.3 Å². The number of hydrogen-bond acceptors (Lipinski definition) is 5. The van der Waals surface area contributed by atoms with Gasteiger partial charge in [0.2, 0.25) is 0 Å². The van der Waals surface area contributed by atoms with Gasteiger partial charge in [-0.1, -0.05) is 6.92 Å². The van der Waals surface area contributed by atoms with Crippen LogP contribution in [0, 0.1) is 6.92 Å². The second-order valence-corrected chi connectivity index (χ2v) is 4.73. The molecule has 2 aromatic heterocycles. The second kappa shape index (κ2) is 6.34. The molecule has 2 heterocycles. The summed E-state index contributed by atoms with van der Waals surface area (Å²) < 4.78 is 1.57. The van der Waals surface area contributed by atoms with Crippen LogP contribution in [0.5, 0.6) is 0 Å². The largest absolute Gasteiger partial charge is 0.370 e. The molecule has 3 N–H and O–H groups in total. The molecule has 2 rings (SSSR count). The average Bonchev–Trinajstić information content (AvgIpc) is 2.92. The van der Waals surface area contributed by atoms with Crippen LogP contribution < -0.4 is 11.1 Å². The van der Waals surface area contributed by atoms with Crippen LogP contribution in [-0.2, 0) is 6.42 Å². The molecule has 0 saturated carbocycles. The van der Waals surface area contributed by atoms with Crippen LogP contribution in [0.2, 0.25) is 0 Å². The van der Waals surface area contributed by atoms with Gasteiger partial charge in [-0.25, -0.2) is 14.6 Å². The summed E-state index contributed by atoms with van der Waals surface area (Å²) in [6.45, 7) is 6.79. The third-order valence-electron chi connectivity index (χ3n) is 3.04. The lowest BCUT2D eigenvalue weighted by molar-refractivity contribution is 0.0995. The number of nitrogens with two attached hydrogens (primary N) is 1. The molecule has 0 radical (unpaired) electrons. The van der Waals surface area contributed by atoms with E-state index < -0.39 is 5.91 Å². The molecule has 21 heavy (non-hydrogen) atoms. The molecular weight excluding hydrogens is 268 g/mol. The highest BCUT2D eigenvalue weighted by molar-refractivity contribution is 5.90. The Kier molecular flexibility index (Phi) is 4.52. The first-order valence-electron chi connectivity index (χ1n) is 7.04. The maximum absolute atomic E-state index is 11.2. The lowest BCUT2D eigenvalue weighted by atomic mass is 10.2. The van der Waals surface area contributed by atoms with Crippen molar-refractivity contribution in [1.29, 1.82) is 0 Å². The molecule has 7 heteroatoms. The summed E-state index contributed by atoms with van der Waals surface area (Å²) in [6, 6.07) is 1.58. The Morgan fingerprint density at radius 1 is 1.38 bits per heavy atom. The van der Waals surface area contributed by atoms with Crippen molar-refractivity contribution in [3.63, 3.8) is 0 Å². The predicted molar refractivity (Wildman–Crippen MR) is 80.6 cm³/mol. The Hall–Kier alpha value is -2.44. The average molecular weight is 288 g/mol. The molecule has 0 bridgehead atoms. The number of nitrogens with zero attached hydrogens (tertiary/aromatic N) is 4. The third kappa shape index (κ3) is 3.18. The van der Waals surface area contributed by atoms with Crippen molar-refractivity contribution >= 4 is 11.7 Å². The van der Waals surface area contributed by atoms with Crippen LogP contribution in [0.4, 0.5) is 5.82 Å². The minimum atomic E-state index is -0.554. The maximum Gasteiger partial charge on any atom is 0.269 e. The highest BCUT2D eigenvalue weighted by atomic mass is 16.1. The number of hydrogen-bond donors (Lipinski definition) is 2. The Labute approximate surface area is 123 Å². The molecule has 2 aromatic rings. The van der Waals surface area contributed by atoms with Gasteiger partial charge in [0.1, 0.15) is 17.3 Å². The molecule has 0 aliphatic carbocycles. The molecule has 7 nitrogen and oxygen atoms in total. The zero-order valence-electron chi connectivity index (χ0n) is 12.6. The molecule has 0 fully saturated rings. The summed E-state index contributed by atoms with van der Waals surface area (Å²) in [5, 5.41) is 7.40. The lowest BCUT2D eigenvalue weighted by Crippen LogP contribution is -2.14. The number of primary amides is 1. The number of aryl methyl sites for hydroxylation is 1. The monoisotopic (exact) mass is 288 g/mol.